The third kappa shape index (κ3) is 4.95. The summed E-state index contributed by atoms with van der Waals surface area (Å²) in [5, 5.41) is 5.05. The fraction of sp³-hybridized carbons (Fsp3) is 0.0370. The Balaban J connectivity index is 0.975. The Labute approximate surface area is 337 Å². The monoisotopic (exact) mass is 742 g/mol. The summed E-state index contributed by atoms with van der Waals surface area (Å²) in [7, 11) is 0. The van der Waals surface area contributed by atoms with Crippen LogP contribution in [0.4, 0.5) is 28.4 Å². The second-order valence-corrected chi connectivity index (χ2v) is 15.3. The molecule has 0 spiro atoms. The second-order valence-electron chi connectivity index (χ2n) is 15.3. The van der Waals surface area contributed by atoms with Crippen molar-refractivity contribution in [3.63, 3.8) is 0 Å². The van der Waals surface area contributed by atoms with Crippen molar-refractivity contribution in [1.29, 1.82) is 0 Å². The highest BCUT2D eigenvalue weighted by atomic mass is 15.2. The number of allylic oxidation sites excluding steroid dienone is 4. The summed E-state index contributed by atoms with van der Waals surface area (Å²) in [4.78, 5) is 4.82. The first kappa shape index (κ1) is 32.7. The van der Waals surface area contributed by atoms with Crippen LogP contribution in [0.5, 0.6) is 0 Å². The Hall–Kier alpha value is -7.56. The predicted octanol–water partition coefficient (Wildman–Crippen LogP) is 14.4. The van der Waals surface area contributed by atoms with E-state index in [1.807, 2.05) is 0 Å². The SMILES string of the molecule is C1=CCC2C(=C1)N(c1ccc(N(c3ccc(-n4c5ccccc5c5ccccc54)cc3)c3ccc(-n4c5ccccc5c5ccccc54)cc3)cc1)c1ccccc12. The molecule has 58 heavy (non-hydrogen) atoms. The van der Waals surface area contributed by atoms with Gasteiger partial charge in [0.15, 0.2) is 0 Å². The minimum absolute atomic E-state index is 0.387. The largest absolute Gasteiger partial charge is 0.313 e. The zero-order valence-electron chi connectivity index (χ0n) is 31.8. The Morgan fingerprint density at radius 2 is 0.793 bits per heavy atom. The molecule has 0 bridgehead atoms. The average molecular weight is 743 g/mol. The molecule has 274 valence electrons. The van der Waals surface area contributed by atoms with Gasteiger partial charge < -0.3 is 18.9 Å². The van der Waals surface area contributed by atoms with Gasteiger partial charge in [-0.1, -0.05) is 103 Å². The predicted molar refractivity (Wildman–Crippen MR) is 243 cm³/mol. The molecule has 0 saturated carbocycles. The Morgan fingerprint density at radius 3 is 1.26 bits per heavy atom. The summed E-state index contributed by atoms with van der Waals surface area (Å²) in [6.07, 6.45) is 7.80. The van der Waals surface area contributed by atoms with Crippen LogP contribution in [0.3, 0.4) is 0 Å². The van der Waals surface area contributed by atoms with E-state index in [1.165, 1.54) is 66.2 Å². The third-order valence-corrected chi connectivity index (χ3v) is 12.2. The van der Waals surface area contributed by atoms with E-state index in [9.17, 15) is 0 Å². The van der Waals surface area contributed by atoms with Crippen LogP contribution in [0.1, 0.15) is 17.9 Å². The molecule has 4 heteroatoms. The first-order chi connectivity index (χ1) is 28.8. The number of anilines is 5. The number of nitrogens with zero attached hydrogens (tertiary/aromatic N) is 4. The summed E-state index contributed by atoms with van der Waals surface area (Å²) in [6.45, 7) is 0. The van der Waals surface area contributed by atoms with Gasteiger partial charge in [-0.05, 0) is 121 Å². The molecule has 2 aliphatic rings. The van der Waals surface area contributed by atoms with E-state index in [0.29, 0.717) is 5.92 Å². The average Bonchev–Trinajstić information content (AvgIpc) is 3.93. The van der Waals surface area contributed by atoms with E-state index in [4.69, 9.17) is 0 Å². The Morgan fingerprint density at radius 1 is 0.397 bits per heavy atom. The quantitative estimate of drug-likeness (QED) is 0.169. The maximum absolute atomic E-state index is 2.44. The van der Waals surface area contributed by atoms with Crippen molar-refractivity contribution in [2.45, 2.75) is 12.3 Å². The first-order valence-electron chi connectivity index (χ1n) is 20.1. The molecular formula is C54H38N4. The normalized spacial score (nSPS) is 14.7. The van der Waals surface area contributed by atoms with E-state index in [0.717, 1.165) is 34.9 Å². The van der Waals surface area contributed by atoms with Crippen LogP contribution in [-0.2, 0) is 0 Å². The van der Waals surface area contributed by atoms with E-state index in [2.05, 4.69) is 231 Å². The molecule has 0 saturated heterocycles. The lowest BCUT2D eigenvalue weighted by Crippen LogP contribution is -2.15. The lowest BCUT2D eigenvalue weighted by molar-refractivity contribution is 0.819. The Kier molecular flexibility index (Phi) is 7.32. The van der Waals surface area contributed by atoms with Gasteiger partial charge in [-0.2, -0.15) is 0 Å². The van der Waals surface area contributed by atoms with E-state index >= 15 is 0 Å². The molecule has 2 aromatic heterocycles. The lowest BCUT2D eigenvalue weighted by Gasteiger charge is -2.28. The molecule has 1 atom stereocenters. The molecule has 12 rings (SSSR count). The minimum Gasteiger partial charge on any atom is -0.313 e. The topological polar surface area (TPSA) is 16.3 Å². The fourth-order valence-corrected chi connectivity index (χ4v) is 9.65. The summed E-state index contributed by atoms with van der Waals surface area (Å²) >= 11 is 0. The number of benzene rings is 8. The molecule has 3 heterocycles. The molecule has 1 unspecified atom stereocenters. The number of hydrogen-bond donors (Lipinski definition) is 0. The fourth-order valence-electron chi connectivity index (χ4n) is 9.65. The van der Waals surface area contributed by atoms with Crippen LogP contribution >= 0.6 is 0 Å². The first-order valence-corrected chi connectivity index (χ1v) is 20.1. The zero-order chi connectivity index (χ0) is 38.2. The number of fused-ring (bicyclic) bond motifs is 9. The summed E-state index contributed by atoms with van der Waals surface area (Å²) in [5.41, 5.74) is 15.6. The lowest BCUT2D eigenvalue weighted by atomic mass is 9.92. The van der Waals surface area contributed by atoms with Gasteiger partial charge in [-0.15, -0.1) is 0 Å². The standard InChI is InChI=1S/C54H38N4/c1-7-19-49-43(13-1)44-14-2-8-20-50(44)56(49)40-31-25-37(26-32-40)55(38-27-33-41(34-28-38)57-51-21-9-3-15-45(51)46-16-4-10-22-52(46)57)39-29-35-42(36-30-39)58-53-23-11-5-17-47(53)48-18-6-12-24-54(48)58/h1-17,19-36,48H,18H2. The van der Waals surface area contributed by atoms with Crippen LogP contribution in [0, 0.1) is 0 Å². The molecule has 0 amide bonds. The van der Waals surface area contributed by atoms with Gasteiger partial charge >= 0.3 is 0 Å². The van der Waals surface area contributed by atoms with Gasteiger partial charge in [0, 0.05) is 73.0 Å². The van der Waals surface area contributed by atoms with Crippen LogP contribution < -0.4 is 9.80 Å². The third-order valence-electron chi connectivity index (χ3n) is 12.2. The van der Waals surface area contributed by atoms with Crippen molar-refractivity contribution < 1.29 is 0 Å². The number of hydrogen-bond acceptors (Lipinski definition) is 2. The van der Waals surface area contributed by atoms with Crippen molar-refractivity contribution >= 4 is 72.0 Å². The van der Waals surface area contributed by atoms with Gasteiger partial charge in [0.1, 0.15) is 0 Å². The van der Waals surface area contributed by atoms with E-state index < -0.39 is 0 Å². The van der Waals surface area contributed by atoms with Crippen molar-refractivity contribution in [2.75, 3.05) is 9.80 Å². The van der Waals surface area contributed by atoms with E-state index in [1.54, 1.807) is 0 Å². The summed E-state index contributed by atoms with van der Waals surface area (Å²) in [6, 6.07) is 70.8. The van der Waals surface area contributed by atoms with Crippen molar-refractivity contribution in [3.8, 4) is 11.4 Å². The maximum Gasteiger partial charge on any atom is 0.0541 e. The molecule has 0 radical (unpaired) electrons. The molecular weight excluding hydrogens is 705 g/mol. The molecule has 1 aliphatic carbocycles. The maximum atomic E-state index is 2.44. The van der Waals surface area contributed by atoms with Gasteiger partial charge in [-0.25, -0.2) is 0 Å². The van der Waals surface area contributed by atoms with E-state index in [-0.39, 0.29) is 0 Å². The highest BCUT2D eigenvalue weighted by molar-refractivity contribution is 6.10. The molecule has 4 nitrogen and oxygen atoms in total. The molecule has 8 aromatic carbocycles. The number of para-hydroxylation sites is 5. The highest BCUT2D eigenvalue weighted by Crippen LogP contribution is 2.51. The zero-order valence-corrected chi connectivity index (χ0v) is 31.8. The van der Waals surface area contributed by atoms with Gasteiger partial charge in [0.2, 0.25) is 0 Å². The smallest absolute Gasteiger partial charge is 0.0541 e. The van der Waals surface area contributed by atoms with Gasteiger partial charge in [0.25, 0.3) is 0 Å². The Bertz CT molecular complexity index is 2990. The van der Waals surface area contributed by atoms with Gasteiger partial charge in [0.05, 0.1) is 22.1 Å². The minimum atomic E-state index is 0.387. The summed E-state index contributed by atoms with van der Waals surface area (Å²) < 4.78 is 4.76. The summed E-state index contributed by atoms with van der Waals surface area (Å²) in [5.74, 6) is 0.387. The van der Waals surface area contributed by atoms with Crippen LogP contribution in [0.15, 0.2) is 218 Å². The van der Waals surface area contributed by atoms with Crippen LogP contribution in [0.25, 0.3) is 55.0 Å². The van der Waals surface area contributed by atoms with Crippen molar-refractivity contribution in [2.24, 2.45) is 0 Å². The van der Waals surface area contributed by atoms with Crippen molar-refractivity contribution in [1.82, 2.24) is 9.13 Å². The number of aromatic nitrogens is 2. The van der Waals surface area contributed by atoms with Gasteiger partial charge in [-0.3, -0.25) is 0 Å². The highest BCUT2D eigenvalue weighted by Gasteiger charge is 2.34. The molecule has 0 fully saturated rings. The second kappa shape index (κ2) is 13.0. The number of rotatable bonds is 6. The molecule has 1 aliphatic heterocycles. The van der Waals surface area contributed by atoms with Crippen LogP contribution in [0.2, 0.25) is 0 Å². The molecule has 10 aromatic rings. The van der Waals surface area contributed by atoms with Crippen molar-refractivity contribution in [3.05, 3.63) is 224 Å². The van der Waals surface area contributed by atoms with Crippen LogP contribution in [-0.4, -0.2) is 9.13 Å². The molecule has 0 N–H and O–H groups in total.